The van der Waals surface area contributed by atoms with Crippen LogP contribution in [0, 0.1) is 5.92 Å². The molecule has 18 heavy (non-hydrogen) atoms. The quantitative estimate of drug-likeness (QED) is 0.758. The summed E-state index contributed by atoms with van der Waals surface area (Å²) in [5, 5.41) is 0. The maximum Gasteiger partial charge on any atom is 0.0361 e. The molecule has 0 radical (unpaired) electrons. The molecule has 0 spiro atoms. The first kappa shape index (κ1) is 15.0. The molecule has 1 aromatic carbocycles. The van der Waals surface area contributed by atoms with E-state index in [-0.39, 0.29) is 0 Å². The van der Waals surface area contributed by atoms with Gasteiger partial charge in [-0.15, -0.1) is 0 Å². The van der Waals surface area contributed by atoms with E-state index in [2.05, 4.69) is 75.9 Å². The number of anilines is 1. The Morgan fingerprint density at radius 3 is 1.89 bits per heavy atom. The highest BCUT2D eigenvalue weighted by molar-refractivity contribution is 5.45. The molecule has 102 valence electrons. The van der Waals surface area contributed by atoms with Crippen molar-refractivity contribution in [2.75, 3.05) is 25.5 Å². The smallest absolute Gasteiger partial charge is 0.0361 e. The lowest BCUT2D eigenvalue weighted by Gasteiger charge is -2.28. The molecular weight excluding hydrogens is 220 g/mol. The second-order valence-electron chi connectivity index (χ2n) is 5.98. The third kappa shape index (κ3) is 4.69. The molecule has 1 rings (SSSR count). The van der Waals surface area contributed by atoms with Gasteiger partial charge in [0, 0.05) is 38.9 Å². The summed E-state index contributed by atoms with van der Waals surface area (Å²) in [6.45, 7) is 11.3. The van der Waals surface area contributed by atoms with Crippen LogP contribution in [0.4, 0.5) is 5.69 Å². The van der Waals surface area contributed by atoms with Crippen molar-refractivity contribution in [3.63, 3.8) is 0 Å². The van der Waals surface area contributed by atoms with Gasteiger partial charge in [-0.25, -0.2) is 0 Å². The molecule has 0 saturated carbocycles. The van der Waals surface area contributed by atoms with Crippen LogP contribution in [0.1, 0.15) is 33.3 Å². The zero-order chi connectivity index (χ0) is 13.7. The van der Waals surface area contributed by atoms with Crippen molar-refractivity contribution in [2.24, 2.45) is 5.92 Å². The molecule has 0 fully saturated rings. The molecule has 2 nitrogen and oxygen atoms in total. The zero-order valence-electron chi connectivity index (χ0n) is 12.8. The highest BCUT2D eigenvalue weighted by atomic mass is 15.1. The minimum absolute atomic E-state index is 0.598. The van der Waals surface area contributed by atoms with Crippen molar-refractivity contribution in [3.05, 3.63) is 29.8 Å². The van der Waals surface area contributed by atoms with E-state index < -0.39 is 0 Å². The molecule has 0 N–H and O–H groups in total. The Morgan fingerprint density at radius 2 is 1.50 bits per heavy atom. The highest BCUT2D eigenvalue weighted by Crippen LogP contribution is 2.15. The minimum atomic E-state index is 0.598. The van der Waals surface area contributed by atoms with Gasteiger partial charge in [0.05, 0.1) is 0 Å². The third-order valence-corrected chi connectivity index (χ3v) is 3.17. The van der Waals surface area contributed by atoms with Crippen LogP contribution in [0.5, 0.6) is 0 Å². The van der Waals surface area contributed by atoms with E-state index in [4.69, 9.17) is 0 Å². The van der Waals surface area contributed by atoms with Gasteiger partial charge in [-0.1, -0.05) is 26.0 Å². The summed E-state index contributed by atoms with van der Waals surface area (Å²) in [6.07, 6.45) is 0. The number of rotatable bonds is 6. The second-order valence-corrected chi connectivity index (χ2v) is 5.98. The van der Waals surface area contributed by atoms with Crippen LogP contribution in [-0.4, -0.2) is 31.6 Å². The number of benzene rings is 1. The Labute approximate surface area is 113 Å². The van der Waals surface area contributed by atoms with Crippen LogP contribution in [0.25, 0.3) is 0 Å². The number of hydrogen-bond donors (Lipinski definition) is 0. The normalized spacial score (nSPS) is 11.6. The van der Waals surface area contributed by atoms with Gasteiger partial charge in [0.2, 0.25) is 0 Å². The first-order chi connectivity index (χ1) is 8.40. The number of hydrogen-bond acceptors (Lipinski definition) is 2. The van der Waals surface area contributed by atoms with Gasteiger partial charge in [0.15, 0.2) is 0 Å². The van der Waals surface area contributed by atoms with Crippen LogP contribution >= 0.6 is 0 Å². The largest absolute Gasteiger partial charge is 0.378 e. The van der Waals surface area contributed by atoms with Gasteiger partial charge < -0.3 is 4.90 Å². The molecule has 0 unspecified atom stereocenters. The molecule has 0 bridgehead atoms. The van der Waals surface area contributed by atoms with Crippen LogP contribution < -0.4 is 4.90 Å². The zero-order valence-corrected chi connectivity index (χ0v) is 12.8. The van der Waals surface area contributed by atoms with Crippen LogP contribution in [0.15, 0.2) is 24.3 Å². The van der Waals surface area contributed by atoms with Crippen LogP contribution in [-0.2, 0) is 6.54 Å². The molecule has 0 aliphatic rings. The maximum absolute atomic E-state index is 2.54. The van der Waals surface area contributed by atoms with E-state index in [1.165, 1.54) is 11.3 Å². The Bertz CT molecular complexity index is 339. The summed E-state index contributed by atoms with van der Waals surface area (Å²) < 4.78 is 0. The Hall–Kier alpha value is -1.02. The van der Waals surface area contributed by atoms with Crippen LogP contribution in [0.3, 0.4) is 0 Å². The molecule has 0 amide bonds. The molecule has 0 aliphatic carbocycles. The highest BCUT2D eigenvalue weighted by Gasteiger charge is 2.11. The molecule has 2 heteroatoms. The minimum Gasteiger partial charge on any atom is -0.378 e. The van der Waals surface area contributed by atoms with E-state index in [9.17, 15) is 0 Å². The fourth-order valence-corrected chi connectivity index (χ4v) is 2.06. The Morgan fingerprint density at radius 1 is 0.944 bits per heavy atom. The van der Waals surface area contributed by atoms with Crippen molar-refractivity contribution in [1.29, 1.82) is 0 Å². The summed E-state index contributed by atoms with van der Waals surface area (Å²) in [5.41, 5.74) is 2.66. The predicted molar refractivity (Wildman–Crippen MR) is 81.2 cm³/mol. The summed E-state index contributed by atoms with van der Waals surface area (Å²) >= 11 is 0. The molecule has 0 saturated heterocycles. The van der Waals surface area contributed by atoms with Crippen molar-refractivity contribution in [2.45, 2.75) is 40.3 Å². The van der Waals surface area contributed by atoms with E-state index in [0.29, 0.717) is 12.0 Å². The molecule has 0 atom stereocenters. The van der Waals surface area contributed by atoms with Crippen molar-refractivity contribution < 1.29 is 0 Å². The van der Waals surface area contributed by atoms with Gasteiger partial charge in [-0.3, -0.25) is 4.90 Å². The predicted octanol–water partition coefficient (Wildman–Crippen LogP) is 3.62. The third-order valence-electron chi connectivity index (χ3n) is 3.17. The molecule has 0 heterocycles. The standard InChI is InChI=1S/C16H28N2/c1-13(2)11-18(14(3)4)12-15-7-9-16(10-8-15)17(5)6/h7-10,13-14H,11-12H2,1-6H3. The van der Waals surface area contributed by atoms with Gasteiger partial charge in [-0.05, 0) is 37.5 Å². The summed E-state index contributed by atoms with van der Waals surface area (Å²) in [7, 11) is 4.16. The fourth-order valence-electron chi connectivity index (χ4n) is 2.06. The average molecular weight is 248 g/mol. The lowest BCUT2D eigenvalue weighted by atomic mass is 10.1. The first-order valence-corrected chi connectivity index (χ1v) is 6.90. The number of nitrogens with zero attached hydrogens (tertiary/aromatic N) is 2. The summed E-state index contributed by atoms with van der Waals surface area (Å²) in [6, 6.07) is 9.48. The molecule has 0 aliphatic heterocycles. The molecule has 1 aromatic rings. The molecular formula is C16H28N2. The van der Waals surface area contributed by atoms with Crippen molar-refractivity contribution in [3.8, 4) is 0 Å². The Kier molecular flexibility index (Phi) is 5.67. The van der Waals surface area contributed by atoms with E-state index in [0.717, 1.165) is 13.1 Å². The van der Waals surface area contributed by atoms with Gasteiger partial charge in [0.1, 0.15) is 0 Å². The lowest BCUT2D eigenvalue weighted by molar-refractivity contribution is 0.189. The van der Waals surface area contributed by atoms with Crippen LogP contribution in [0.2, 0.25) is 0 Å². The van der Waals surface area contributed by atoms with Crippen molar-refractivity contribution in [1.82, 2.24) is 4.90 Å². The van der Waals surface area contributed by atoms with Crippen molar-refractivity contribution >= 4 is 5.69 Å². The monoisotopic (exact) mass is 248 g/mol. The molecule has 0 aromatic heterocycles. The average Bonchev–Trinajstić information content (AvgIpc) is 2.28. The SMILES string of the molecule is CC(C)CN(Cc1ccc(N(C)C)cc1)C(C)C. The topological polar surface area (TPSA) is 6.48 Å². The fraction of sp³-hybridized carbons (Fsp3) is 0.625. The lowest BCUT2D eigenvalue weighted by Crippen LogP contribution is -2.33. The van der Waals surface area contributed by atoms with Gasteiger partial charge in [-0.2, -0.15) is 0 Å². The summed E-state index contributed by atoms with van der Waals surface area (Å²) in [5.74, 6) is 0.716. The van der Waals surface area contributed by atoms with E-state index in [1.54, 1.807) is 0 Å². The first-order valence-electron chi connectivity index (χ1n) is 6.90. The van der Waals surface area contributed by atoms with E-state index >= 15 is 0 Å². The second kappa shape index (κ2) is 6.79. The summed E-state index contributed by atoms with van der Waals surface area (Å²) in [4.78, 5) is 4.67. The maximum atomic E-state index is 2.54. The van der Waals surface area contributed by atoms with E-state index in [1.807, 2.05) is 0 Å². The Balaban J connectivity index is 2.69. The van der Waals surface area contributed by atoms with Gasteiger partial charge in [0.25, 0.3) is 0 Å². The van der Waals surface area contributed by atoms with Gasteiger partial charge >= 0.3 is 0 Å².